The van der Waals surface area contributed by atoms with Gasteiger partial charge in [-0.05, 0) is 44.4 Å². The highest BCUT2D eigenvalue weighted by atomic mass is 16.5. The summed E-state index contributed by atoms with van der Waals surface area (Å²) >= 11 is 0. The summed E-state index contributed by atoms with van der Waals surface area (Å²) < 4.78 is 11.1. The lowest BCUT2D eigenvalue weighted by atomic mass is 9.89. The second-order valence-corrected chi connectivity index (χ2v) is 7.27. The van der Waals surface area contributed by atoms with Gasteiger partial charge in [-0.1, -0.05) is 19.9 Å². The minimum absolute atomic E-state index is 0.0839. The molecule has 140 valence electrons. The predicted molar refractivity (Wildman–Crippen MR) is 95.9 cm³/mol. The van der Waals surface area contributed by atoms with Crippen molar-refractivity contribution in [3.05, 3.63) is 23.8 Å². The van der Waals surface area contributed by atoms with Crippen LogP contribution in [0.2, 0.25) is 0 Å². The number of hydrogen-bond acceptors (Lipinski definition) is 4. The molecule has 2 N–H and O–H groups in total. The van der Waals surface area contributed by atoms with E-state index in [0.717, 1.165) is 5.56 Å². The van der Waals surface area contributed by atoms with Gasteiger partial charge in [0.25, 0.3) is 0 Å². The highest BCUT2D eigenvalue weighted by Gasteiger charge is 2.30. The molecule has 1 rings (SSSR count). The molecule has 0 heterocycles. The maximum atomic E-state index is 12.1. The van der Waals surface area contributed by atoms with Crippen molar-refractivity contribution in [1.82, 2.24) is 5.32 Å². The SMILES string of the molecule is COc1cc(C(C)NC(=O)CC(C)(C)C(=O)O)ccc1OCC(C)C. The van der Waals surface area contributed by atoms with E-state index in [0.29, 0.717) is 24.0 Å². The van der Waals surface area contributed by atoms with Crippen LogP contribution in [0, 0.1) is 11.3 Å². The van der Waals surface area contributed by atoms with Crippen molar-refractivity contribution >= 4 is 11.9 Å². The molecule has 0 saturated carbocycles. The summed E-state index contributed by atoms with van der Waals surface area (Å²) in [5.74, 6) is 0.360. The molecule has 6 nitrogen and oxygen atoms in total. The fourth-order valence-corrected chi connectivity index (χ4v) is 2.18. The van der Waals surface area contributed by atoms with Gasteiger partial charge in [-0.25, -0.2) is 0 Å². The number of carboxylic acids is 1. The molecule has 25 heavy (non-hydrogen) atoms. The Morgan fingerprint density at radius 3 is 2.36 bits per heavy atom. The molecule has 0 aliphatic carbocycles. The molecule has 1 unspecified atom stereocenters. The second-order valence-electron chi connectivity index (χ2n) is 7.27. The van der Waals surface area contributed by atoms with Gasteiger partial charge in [0.15, 0.2) is 11.5 Å². The average Bonchev–Trinajstić information content (AvgIpc) is 2.51. The standard InChI is InChI=1S/C19H29NO5/c1-12(2)11-25-15-8-7-14(9-16(15)24-6)13(3)20-17(21)10-19(4,5)18(22)23/h7-9,12-13H,10-11H2,1-6H3,(H,20,21)(H,22,23). The van der Waals surface area contributed by atoms with E-state index in [1.807, 2.05) is 25.1 Å². The van der Waals surface area contributed by atoms with E-state index >= 15 is 0 Å². The maximum absolute atomic E-state index is 12.1. The van der Waals surface area contributed by atoms with Gasteiger partial charge in [0.2, 0.25) is 5.91 Å². The van der Waals surface area contributed by atoms with Crippen molar-refractivity contribution < 1.29 is 24.2 Å². The Bertz CT molecular complexity index is 610. The van der Waals surface area contributed by atoms with Gasteiger partial charge < -0.3 is 19.9 Å². The van der Waals surface area contributed by atoms with E-state index < -0.39 is 11.4 Å². The summed E-state index contributed by atoms with van der Waals surface area (Å²) in [6, 6.07) is 5.24. The van der Waals surface area contributed by atoms with Crippen LogP contribution in [-0.2, 0) is 9.59 Å². The number of carbonyl (C=O) groups is 2. The van der Waals surface area contributed by atoms with Crippen LogP contribution in [0.1, 0.15) is 52.6 Å². The lowest BCUT2D eigenvalue weighted by Gasteiger charge is -2.21. The maximum Gasteiger partial charge on any atom is 0.309 e. The highest BCUT2D eigenvalue weighted by molar-refractivity contribution is 5.84. The fraction of sp³-hybridized carbons (Fsp3) is 0.579. The Morgan fingerprint density at radius 2 is 1.84 bits per heavy atom. The number of hydrogen-bond donors (Lipinski definition) is 2. The molecule has 0 aliphatic heterocycles. The Balaban J connectivity index is 2.79. The third-order valence-electron chi connectivity index (χ3n) is 3.82. The zero-order chi connectivity index (χ0) is 19.2. The molecule has 0 fully saturated rings. The first-order chi connectivity index (χ1) is 11.6. The molecule has 0 aliphatic rings. The summed E-state index contributed by atoms with van der Waals surface area (Å²) in [6.07, 6.45) is -0.0839. The Kier molecular flexibility index (Phi) is 7.27. The zero-order valence-electron chi connectivity index (χ0n) is 15.9. The van der Waals surface area contributed by atoms with Gasteiger partial charge in [0, 0.05) is 6.42 Å². The third-order valence-corrected chi connectivity index (χ3v) is 3.82. The first-order valence-corrected chi connectivity index (χ1v) is 8.40. The van der Waals surface area contributed by atoms with E-state index in [-0.39, 0.29) is 18.4 Å². The summed E-state index contributed by atoms with van der Waals surface area (Å²) in [5.41, 5.74) is -0.244. The summed E-state index contributed by atoms with van der Waals surface area (Å²) in [7, 11) is 1.57. The van der Waals surface area contributed by atoms with Crippen molar-refractivity contribution in [3.8, 4) is 11.5 Å². The molecular weight excluding hydrogens is 322 g/mol. The van der Waals surface area contributed by atoms with Crippen LogP contribution in [-0.4, -0.2) is 30.7 Å². The Labute approximate surface area is 149 Å². The van der Waals surface area contributed by atoms with Gasteiger partial charge in [-0.15, -0.1) is 0 Å². The van der Waals surface area contributed by atoms with Crippen LogP contribution in [0.15, 0.2) is 18.2 Å². The fourth-order valence-electron chi connectivity index (χ4n) is 2.18. The molecular formula is C19H29NO5. The Morgan fingerprint density at radius 1 is 1.20 bits per heavy atom. The molecule has 6 heteroatoms. The van der Waals surface area contributed by atoms with Crippen molar-refractivity contribution in [2.75, 3.05) is 13.7 Å². The molecule has 1 aromatic rings. The van der Waals surface area contributed by atoms with Gasteiger partial charge in [0.05, 0.1) is 25.2 Å². The number of methoxy groups -OCH3 is 1. The van der Waals surface area contributed by atoms with E-state index in [1.165, 1.54) is 13.8 Å². The number of amides is 1. The molecule has 0 saturated heterocycles. The molecule has 1 aromatic carbocycles. The van der Waals surface area contributed by atoms with E-state index in [9.17, 15) is 9.59 Å². The zero-order valence-corrected chi connectivity index (χ0v) is 15.9. The van der Waals surface area contributed by atoms with Gasteiger partial charge >= 0.3 is 5.97 Å². The molecule has 0 bridgehead atoms. The minimum atomic E-state index is -1.10. The minimum Gasteiger partial charge on any atom is -0.493 e. The van der Waals surface area contributed by atoms with Crippen molar-refractivity contribution in [1.29, 1.82) is 0 Å². The molecule has 0 spiro atoms. The van der Waals surface area contributed by atoms with Crippen molar-refractivity contribution in [2.24, 2.45) is 11.3 Å². The third kappa shape index (κ3) is 6.29. The number of nitrogens with one attached hydrogen (secondary N) is 1. The number of ether oxygens (including phenoxy) is 2. The topological polar surface area (TPSA) is 84.9 Å². The van der Waals surface area contributed by atoms with Gasteiger partial charge in [-0.3, -0.25) is 9.59 Å². The smallest absolute Gasteiger partial charge is 0.309 e. The number of rotatable bonds is 9. The first kappa shape index (κ1) is 20.8. The van der Waals surface area contributed by atoms with Crippen LogP contribution >= 0.6 is 0 Å². The van der Waals surface area contributed by atoms with E-state index in [2.05, 4.69) is 19.2 Å². The predicted octanol–water partition coefficient (Wildman–Crippen LogP) is 3.41. The molecule has 1 atom stereocenters. The largest absolute Gasteiger partial charge is 0.493 e. The van der Waals surface area contributed by atoms with E-state index in [1.54, 1.807) is 7.11 Å². The summed E-state index contributed by atoms with van der Waals surface area (Å²) in [6.45, 7) is 9.63. The monoisotopic (exact) mass is 351 g/mol. The molecule has 0 aromatic heterocycles. The second kappa shape index (κ2) is 8.74. The van der Waals surface area contributed by atoms with Crippen LogP contribution in [0.25, 0.3) is 0 Å². The summed E-state index contributed by atoms with van der Waals surface area (Å²) in [5, 5.41) is 11.9. The van der Waals surface area contributed by atoms with Crippen LogP contribution in [0.3, 0.4) is 0 Å². The number of carboxylic acid groups (broad SMARTS) is 1. The quantitative estimate of drug-likeness (QED) is 0.712. The lowest BCUT2D eigenvalue weighted by molar-refractivity contribution is -0.149. The number of carbonyl (C=O) groups excluding carboxylic acids is 1. The number of aliphatic carboxylic acids is 1. The normalized spacial score (nSPS) is 12.6. The van der Waals surface area contributed by atoms with Gasteiger partial charge in [0.1, 0.15) is 0 Å². The van der Waals surface area contributed by atoms with Crippen molar-refractivity contribution in [3.63, 3.8) is 0 Å². The summed E-state index contributed by atoms with van der Waals surface area (Å²) in [4.78, 5) is 23.2. The van der Waals surface area contributed by atoms with Crippen LogP contribution in [0.4, 0.5) is 0 Å². The van der Waals surface area contributed by atoms with Crippen LogP contribution < -0.4 is 14.8 Å². The van der Waals surface area contributed by atoms with Crippen molar-refractivity contribution in [2.45, 2.75) is 47.1 Å². The molecule has 0 radical (unpaired) electrons. The van der Waals surface area contributed by atoms with E-state index in [4.69, 9.17) is 14.6 Å². The van der Waals surface area contributed by atoms with Gasteiger partial charge in [-0.2, -0.15) is 0 Å². The number of benzene rings is 1. The first-order valence-electron chi connectivity index (χ1n) is 8.40. The Hall–Kier alpha value is -2.24. The highest BCUT2D eigenvalue weighted by Crippen LogP contribution is 2.31. The lowest BCUT2D eigenvalue weighted by Crippen LogP contribution is -2.34. The molecule has 1 amide bonds. The van der Waals surface area contributed by atoms with Crippen LogP contribution in [0.5, 0.6) is 11.5 Å². The average molecular weight is 351 g/mol.